The van der Waals surface area contributed by atoms with Gasteiger partial charge in [-0.3, -0.25) is 0 Å². The van der Waals surface area contributed by atoms with E-state index >= 15 is 0 Å². The SMILES string of the molecule is CCC(N)Cc1cc(C)c(OCCCN(C)C)c(C)c1. The molecular formula is C17H30N2O. The first kappa shape index (κ1) is 17.0. The molecule has 114 valence electrons. The fraction of sp³-hybridized carbons (Fsp3) is 0.647. The number of nitrogens with two attached hydrogens (primary N) is 1. The van der Waals surface area contributed by atoms with Crippen molar-refractivity contribution in [1.29, 1.82) is 0 Å². The second-order valence-electron chi connectivity index (χ2n) is 5.94. The van der Waals surface area contributed by atoms with Crippen LogP contribution in [0.5, 0.6) is 5.75 Å². The Labute approximate surface area is 124 Å². The third kappa shape index (κ3) is 5.51. The molecule has 0 heterocycles. The molecule has 0 saturated heterocycles. The summed E-state index contributed by atoms with van der Waals surface area (Å²) in [6.45, 7) is 8.20. The Balaban J connectivity index is 2.64. The lowest BCUT2D eigenvalue weighted by Crippen LogP contribution is -2.21. The van der Waals surface area contributed by atoms with Crippen molar-refractivity contribution in [1.82, 2.24) is 4.90 Å². The fourth-order valence-electron chi connectivity index (χ4n) is 2.39. The Morgan fingerprint density at radius 3 is 2.30 bits per heavy atom. The van der Waals surface area contributed by atoms with Crippen LogP contribution in [-0.4, -0.2) is 38.2 Å². The van der Waals surface area contributed by atoms with E-state index in [1.165, 1.54) is 16.7 Å². The summed E-state index contributed by atoms with van der Waals surface area (Å²) in [5, 5.41) is 0. The van der Waals surface area contributed by atoms with Gasteiger partial charge >= 0.3 is 0 Å². The molecule has 20 heavy (non-hydrogen) atoms. The number of hydrogen-bond donors (Lipinski definition) is 1. The molecular weight excluding hydrogens is 248 g/mol. The lowest BCUT2D eigenvalue weighted by molar-refractivity contribution is 0.278. The number of nitrogens with zero attached hydrogens (tertiary/aromatic N) is 1. The maximum absolute atomic E-state index is 6.03. The maximum Gasteiger partial charge on any atom is 0.125 e. The summed E-state index contributed by atoms with van der Waals surface area (Å²) in [6.07, 6.45) is 3.01. The summed E-state index contributed by atoms with van der Waals surface area (Å²) in [6, 6.07) is 4.67. The van der Waals surface area contributed by atoms with Crippen molar-refractivity contribution < 1.29 is 4.74 Å². The van der Waals surface area contributed by atoms with Crippen molar-refractivity contribution in [3.05, 3.63) is 28.8 Å². The average molecular weight is 278 g/mol. The summed E-state index contributed by atoms with van der Waals surface area (Å²) >= 11 is 0. The highest BCUT2D eigenvalue weighted by atomic mass is 16.5. The molecule has 1 rings (SSSR count). The van der Waals surface area contributed by atoms with Crippen LogP contribution in [-0.2, 0) is 6.42 Å². The van der Waals surface area contributed by atoms with Gasteiger partial charge in [0, 0.05) is 12.6 Å². The van der Waals surface area contributed by atoms with Crippen molar-refractivity contribution in [2.24, 2.45) is 5.73 Å². The van der Waals surface area contributed by atoms with Gasteiger partial charge in [0.25, 0.3) is 0 Å². The molecule has 1 aromatic carbocycles. The zero-order valence-electron chi connectivity index (χ0n) is 13.7. The minimum Gasteiger partial charge on any atom is -0.493 e. The van der Waals surface area contributed by atoms with Crippen LogP contribution in [0.15, 0.2) is 12.1 Å². The standard InChI is InChI=1S/C17H30N2O/c1-6-16(18)12-15-10-13(2)17(14(3)11-15)20-9-7-8-19(4)5/h10-11,16H,6-9,12,18H2,1-5H3. The smallest absolute Gasteiger partial charge is 0.125 e. The van der Waals surface area contributed by atoms with E-state index in [0.29, 0.717) is 0 Å². The third-order valence-corrected chi connectivity index (χ3v) is 3.54. The van der Waals surface area contributed by atoms with Gasteiger partial charge in [0.15, 0.2) is 0 Å². The van der Waals surface area contributed by atoms with E-state index in [-0.39, 0.29) is 6.04 Å². The highest BCUT2D eigenvalue weighted by molar-refractivity contribution is 5.43. The quantitative estimate of drug-likeness (QED) is 0.743. The first-order chi connectivity index (χ1) is 9.43. The minimum absolute atomic E-state index is 0.251. The fourth-order valence-corrected chi connectivity index (χ4v) is 2.39. The molecule has 0 fully saturated rings. The molecule has 3 nitrogen and oxygen atoms in total. The molecule has 0 aliphatic rings. The molecule has 0 aromatic heterocycles. The number of hydrogen-bond acceptors (Lipinski definition) is 3. The lowest BCUT2D eigenvalue weighted by Gasteiger charge is -2.16. The summed E-state index contributed by atoms with van der Waals surface area (Å²) in [4.78, 5) is 2.18. The molecule has 0 aliphatic carbocycles. The molecule has 0 radical (unpaired) electrons. The predicted molar refractivity (Wildman–Crippen MR) is 86.6 cm³/mol. The van der Waals surface area contributed by atoms with Gasteiger partial charge in [-0.15, -0.1) is 0 Å². The van der Waals surface area contributed by atoms with Crippen molar-refractivity contribution in [3.63, 3.8) is 0 Å². The minimum atomic E-state index is 0.251. The van der Waals surface area contributed by atoms with Gasteiger partial charge in [-0.2, -0.15) is 0 Å². The van der Waals surface area contributed by atoms with Crippen LogP contribution in [0.1, 0.15) is 36.5 Å². The van der Waals surface area contributed by atoms with Gasteiger partial charge in [0.05, 0.1) is 6.61 Å². The Hall–Kier alpha value is -1.06. The topological polar surface area (TPSA) is 38.5 Å². The van der Waals surface area contributed by atoms with Crippen LogP contribution in [0.2, 0.25) is 0 Å². The summed E-state index contributed by atoms with van der Waals surface area (Å²) < 4.78 is 5.95. The van der Waals surface area contributed by atoms with E-state index < -0.39 is 0 Å². The molecule has 3 heteroatoms. The highest BCUT2D eigenvalue weighted by Gasteiger charge is 2.09. The largest absolute Gasteiger partial charge is 0.493 e. The van der Waals surface area contributed by atoms with Gasteiger partial charge in [-0.05, 0) is 63.9 Å². The molecule has 1 aromatic rings. The highest BCUT2D eigenvalue weighted by Crippen LogP contribution is 2.25. The van der Waals surface area contributed by atoms with Gasteiger partial charge in [-0.25, -0.2) is 0 Å². The van der Waals surface area contributed by atoms with Gasteiger partial charge in [-0.1, -0.05) is 19.1 Å². The lowest BCUT2D eigenvalue weighted by atomic mass is 9.99. The Bertz CT molecular complexity index is 392. The zero-order valence-corrected chi connectivity index (χ0v) is 13.7. The van der Waals surface area contributed by atoms with Gasteiger partial charge in [0.1, 0.15) is 5.75 Å². The summed E-state index contributed by atoms with van der Waals surface area (Å²) in [5.74, 6) is 1.04. The normalized spacial score (nSPS) is 12.8. The zero-order chi connectivity index (χ0) is 15.1. The van der Waals surface area contributed by atoms with E-state index in [0.717, 1.165) is 38.2 Å². The molecule has 2 N–H and O–H groups in total. The van der Waals surface area contributed by atoms with Crippen LogP contribution >= 0.6 is 0 Å². The van der Waals surface area contributed by atoms with Crippen LogP contribution in [0, 0.1) is 13.8 Å². The number of ether oxygens (including phenoxy) is 1. The summed E-state index contributed by atoms with van der Waals surface area (Å²) in [5.41, 5.74) is 9.78. The molecule has 0 saturated carbocycles. The third-order valence-electron chi connectivity index (χ3n) is 3.54. The van der Waals surface area contributed by atoms with E-state index in [9.17, 15) is 0 Å². The van der Waals surface area contributed by atoms with Crippen LogP contribution in [0.25, 0.3) is 0 Å². The Morgan fingerprint density at radius 2 is 1.80 bits per heavy atom. The Morgan fingerprint density at radius 1 is 1.20 bits per heavy atom. The van der Waals surface area contributed by atoms with Crippen LogP contribution in [0.3, 0.4) is 0 Å². The first-order valence-electron chi connectivity index (χ1n) is 7.57. The predicted octanol–water partition coefficient (Wildman–Crippen LogP) is 2.91. The van der Waals surface area contributed by atoms with Gasteiger partial charge < -0.3 is 15.4 Å². The number of rotatable bonds is 8. The molecule has 0 amide bonds. The van der Waals surface area contributed by atoms with Gasteiger partial charge in [0.2, 0.25) is 0 Å². The first-order valence-corrected chi connectivity index (χ1v) is 7.57. The molecule has 1 unspecified atom stereocenters. The van der Waals surface area contributed by atoms with Crippen molar-refractivity contribution in [3.8, 4) is 5.75 Å². The van der Waals surface area contributed by atoms with E-state index in [2.05, 4.69) is 51.9 Å². The van der Waals surface area contributed by atoms with Crippen LogP contribution < -0.4 is 10.5 Å². The van der Waals surface area contributed by atoms with E-state index in [1.54, 1.807) is 0 Å². The van der Waals surface area contributed by atoms with Crippen molar-refractivity contribution in [2.75, 3.05) is 27.2 Å². The monoisotopic (exact) mass is 278 g/mol. The number of aryl methyl sites for hydroxylation is 2. The molecule has 0 spiro atoms. The second kappa shape index (κ2) is 8.28. The summed E-state index contributed by atoms with van der Waals surface area (Å²) in [7, 11) is 4.17. The number of benzene rings is 1. The molecule has 0 bridgehead atoms. The van der Waals surface area contributed by atoms with Crippen LogP contribution in [0.4, 0.5) is 0 Å². The van der Waals surface area contributed by atoms with Crippen molar-refractivity contribution >= 4 is 0 Å². The Kier molecular flexibility index (Phi) is 7.03. The van der Waals surface area contributed by atoms with E-state index in [1.807, 2.05) is 0 Å². The maximum atomic E-state index is 6.03. The average Bonchev–Trinajstić information content (AvgIpc) is 2.36. The molecule has 0 aliphatic heterocycles. The van der Waals surface area contributed by atoms with Crippen molar-refractivity contribution in [2.45, 2.75) is 46.1 Å². The van der Waals surface area contributed by atoms with E-state index in [4.69, 9.17) is 10.5 Å². The molecule has 1 atom stereocenters. The second-order valence-corrected chi connectivity index (χ2v) is 5.94.